The van der Waals surface area contributed by atoms with Crippen LogP contribution >= 0.6 is 0 Å². The first-order valence-electron chi connectivity index (χ1n) is 6.11. The number of rotatable bonds is 5. The Kier molecular flexibility index (Phi) is 4.74. The van der Waals surface area contributed by atoms with Crippen LogP contribution in [0.5, 0.6) is 0 Å². The van der Waals surface area contributed by atoms with Crippen molar-refractivity contribution in [3.63, 3.8) is 0 Å². The Morgan fingerprint density at radius 1 is 1.69 bits per heavy atom. The first-order chi connectivity index (χ1) is 7.49. The van der Waals surface area contributed by atoms with Gasteiger partial charge in [0.2, 0.25) is 5.91 Å². The highest BCUT2D eigenvalue weighted by Gasteiger charge is 2.39. The van der Waals surface area contributed by atoms with Gasteiger partial charge in [-0.25, -0.2) is 0 Å². The second-order valence-corrected chi connectivity index (χ2v) is 4.77. The molecule has 1 aliphatic rings. The highest BCUT2D eigenvalue weighted by Crippen LogP contribution is 2.24. The number of hydrogen-bond donors (Lipinski definition) is 2. The summed E-state index contributed by atoms with van der Waals surface area (Å²) in [5.41, 5.74) is -0.887. The van der Waals surface area contributed by atoms with Gasteiger partial charge in [-0.2, -0.15) is 0 Å². The van der Waals surface area contributed by atoms with Crippen LogP contribution in [-0.4, -0.2) is 35.9 Å². The third kappa shape index (κ3) is 3.19. The molecule has 16 heavy (non-hydrogen) atoms. The zero-order chi connectivity index (χ0) is 12.2. The Morgan fingerprint density at radius 2 is 2.38 bits per heavy atom. The van der Waals surface area contributed by atoms with Crippen LogP contribution in [0.4, 0.5) is 0 Å². The Hall–Kier alpha value is -0.610. The van der Waals surface area contributed by atoms with Crippen LogP contribution in [0.3, 0.4) is 0 Å². The third-order valence-corrected chi connectivity index (χ3v) is 3.40. The van der Waals surface area contributed by atoms with Crippen LogP contribution < -0.4 is 5.32 Å². The molecule has 1 fully saturated rings. The molecule has 4 heteroatoms. The second kappa shape index (κ2) is 5.64. The van der Waals surface area contributed by atoms with E-state index in [1.54, 1.807) is 0 Å². The van der Waals surface area contributed by atoms with E-state index in [0.29, 0.717) is 19.6 Å². The highest BCUT2D eigenvalue weighted by molar-refractivity contribution is 5.78. The van der Waals surface area contributed by atoms with Gasteiger partial charge in [-0.3, -0.25) is 4.79 Å². The lowest BCUT2D eigenvalue weighted by Gasteiger charge is -2.26. The standard InChI is InChI=1S/C12H23NO3/c1-4-5-9(2)11(14)13-8-12(15)6-7-16-10(12)3/h9-10,15H,4-8H2,1-3H3,(H,13,14). The molecule has 0 aromatic heterocycles. The summed E-state index contributed by atoms with van der Waals surface area (Å²) in [6.07, 6.45) is 2.28. The molecular formula is C12H23NO3. The van der Waals surface area contributed by atoms with Crippen molar-refractivity contribution in [2.24, 2.45) is 5.92 Å². The third-order valence-electron chi connectivity index (χ3n) is 3.40. The number of hydrogen-bond acceptors (Lipinski definition) is 3. The summed E-state index contributed by atoms with van der Waals surface area (Å²) < 4.78 is 5.31. The van der Waals surface area contributed by atoms with Crippen LogP contribution in [0.1, 0.15) is 40.0 Å². The fourth-order valence-corrected chi connectivity index (χ4v) is 1.98. The summed E-state index contributed by atoms with van der Waals surface area (Å²) in [4.78, 5) is 11.7. The molecule has 3 atom stereocenters. The zero-order valence-electron chi connectivity index (χ0n) is 10.5. The summed E-state index contributed by atoms with van der Waals surface area (Å²) in [7, 11) is 0. The van der Waals surface area contributed by atoms with Gasteiger partial charge < -0.3 is 15.2 Å². The van der Waals surface area contributed by atoms with E-state index in [0.717, 1.165) is 12.8 Å². The van der Waals surface area contributed by atoms with Crippen molar-refractivity contribution in [2.75, 3.05) is 13.2 Å². The Balaban J connectivity index is 2.36. The van der Waals surface area contributed by atoms with Gasteiger partial charge >= 0.3 is 0 Å². The summed E-state index contributed by atoms with van der Waals surface area (Å²) in [6.45, 7) is 6.68. The van der Waals surface area contributed by atoms with Crippen molar-refractivity contribution in [1.29, 1.82) is 0 Å². The van der Waals surface area contributed by atoms with Crippen LogP contribution in [0.15, 0.2) is 0 Å². The Bertz CT molecular complexity index is 244. The maximum Gasteiger partial charge on any atom is 0.222 e. The lowest BCUT2D eigenvalue weighted by Crippen LogP contribution is -2.48. The molecule has 3 unspecified atom stereocenters. The van der Waals surface area contributed by atoms with E-state index in [1.807, 2.05) is 13.8 Å². The Morgan fingerprint density at radius 3 is 2.88 bits per heavy atom. The molecule has 1 rings (SSSR count). The normalized spacial score (nSPS) is 31.4. The SMILES string of the molecule is CCCC(C)C(=O)NCC1(O)CCOC1C. The maximum atomic E-state index is 11.7. The van der Waals surface area contributed by atoms with Gasteiger partial charge in [0.15, 0.2) is 0 Å². The molecule has 1 saturated heterocycles. The molecule has 0 radical (unpaired) electrons. The number of amides is 1. The lowest BCUT2D eigenvalue weighted by molar-refractivity contribution is -0.126. The quantitative estimate of drug-likeness (QED) is 0.741. The van der Waals surface area contributed by atoms with E-state index < -0.39 is 5.60 Å². The number of aliphatic hydroxyl groups is 1. The monoisotopic (exact) mass is 229 g/mol. The summed E-state index contributed by atoms with van der Waals surface area (Å²) in [5, 5.41) is 13.0. The molecule has 4 nitrogen and oxygen atoms in total. The fourth-order valence-electron chi connectivity index (χ4n) is 1.98. The van der Waals surface area contributed by atoms with Crippen molar-refractivity contribution >= 4 is 5.91 Å². The van der Waals surface area contributed by atoms with Gasteiger partial charge in [0.25, 0.3) is 0 Å². The van der Waals surface area contributed by atoms with Gasteiger partial charge in [0.1, 0.15) is 5.60 Å². The molecule has 0 aromatic carbocycles. The molecule has 1 aliphatic heterocycles. The number of carbonyl (C=O) groups excluding carboxylic acids is 1. The zero-order valence-corrected chi connectivity index (χ0v) is 10.5. The minimum atomic E-state index is -0.887. The fraction of sp³-hybridized carbons (Fsp3) is 0.917. The van der Waals surface area contributed by atoms with Crippen molar-refractivity contribution < 1.29 is 14.6 Å². The molecule has 0 aliphatic carbocycles. The van der Waals surface area contributed by atoms with Gasteiger partial charge in [0.05, 0.1) is 6.10 Å². The van der Waals surface area contributed by atoms with Gasteiger partial charge in [-0.15, -0.1) is 0 Å². The van der Waals surface area contributed by atoms with E-state index in [2.05, 4.69) is 12.2 Å². The Labute approximate surface area is 97.4 Å². The maximum absolute atomic E-state index is 11.7. The van der Waals surface area contributed by atoms with E-state index >= 15 is 0 Å². The predicted octanol–water partition coefficient (Wildman–Crippen LogP) is 1.08. The molecule has 0 aromatic rings. The van der Waals surface area contributed by atoms with E-state index in [1.165, 1.54) is 0 Å². The first-order valence-corrected chi connectivity index (χ1v) is 6.11. The van der Waals surface area contributed by atoms with Crippen molar-refractivity contribution in [3.05, 3.63) is 0 Å². The van der Waals surface area contributed by atoms with Crippen LogP contribution in [0.2, 0.25) is 0 Å². The van der Waals surface area contributed by atoms with Crippen LogP contribution in [0, 0.1) is 5.92 Å². The molecule has 2 N–H and O–H groups in total. The molecule has 0 saturated carbocycles. The summed E-state index contributed by atoms with van der Waals surface area (Å²) >= 11 is 0. The van der Waals surface area contributed by atoms with Gasteiger partial charge in [-0.1, -0.05) is 20.3 Å². The largest absolute Gasteiger partial charge is 0.385 e. The second-order valence-electron chi connectivity index (χ2n) is 4.77. The van der Waals surface area contributed by atoms with Crippen molar-refractivity contribution in [3.8, 4) is 0 Å². The molecule has 94 valence electrons. The number of ether oxygens (including phenoxy) is 1. The minimum absolute atomic E-state index is 0.0197. The average molecular weight is 229 g/mol. The summed E-state index contributed by atoms with van der Waals surface area (Å²) in [6, 6.07) is 0. The predicted molar refractivity (Wildman–Crippen MR) is 62.1 cm³/mol. The molecular weight excluding hydrogens is 206 g/mol. The van der Waals surface area contributed by atoms with Crippen LogP contribution in [0.25, 0.3) is 0 Å². The van der Waals surface area contributed by atoms with E-state index in [4.69, 9.17) is 4.74 Å². The smallest absolute Gasteiger partial charge is 0.222 e. The highest BCUT2D eigenvalue weighted by atomic mass is 16.5. The van der Waals surface area contributed by atoms with Crippen molar-refractivity contribution in [1.82, 2.24) is 5.32 Å². The minimum Gasteiger partial charge on any atom is -0.385 e. The van der Waals surface area contributed by atoms with Crippen molar-refractivity contribution in [2.45, 2.75) is 51.7 Å². The van der Waals surface area contributed by atoms with E-state index in [-0.39, 0.29) is 17.9 Å². The first kappa shape index (κ1) is 13.5. The van der Waals surface area contributed by atoms with E-state index in [9.17, 15) is 9.90 Å². The molecule has 0 bridgehead atoms. The molecule has 0 spiro atoms. The van der Waals surface area contributed by atoms with Gasteiger partial charge in [0, 0.05) is 25.5 Å². The van der Waals surface area contributed by atoms with Crippen LogP contribution in [-0.2, 0) is 9.53 Å². The topological polar surface area (TPSA) is 58.6 Å². The number of nitrogens with one attached hydrogen (secondary N) is 1. The molecule has 1 heterocycles. The average Bonchev–Trinajstić information content (AvgIpc) is 2.57. The summed E-state index contributed by atoms with van der Waals surface area (Å²) in [5.74, 6) is 0.0422. The number of carbonyl (C=O) groups is 1. The van der Waals surface area contributed by atoms with Gasteiger partial charge in [-0.05, 0) is 13.3 Å². The molecule has 1 amide bonds. The lowest BCUT2D eigenvalue weighted by atomic mass is 9.96.